The molecule has 0 saturated carbocycles. The zero-order valence-electron chi connectivity index (χ0n) is 14.2. The monoisotopic (exact) mass is 336 g/mol. The number of aryl methyl sites for hydroxylation is 1. The van der Waals surface area contributed by atoms with Crippen LogP contribution in [0.2, 0.25) is 0 Å². The molecule has 0 radical (unpaired) electrons. The summed E-state index contributed by atoms with van der Waals surface area (Å²) in [5, 5.41) is 9.19. The average Bonchev–Trinajstić information content (AvgIpc) is 3.23. The van der Waals surface area contributed by atoms with Gasteiger partial charge in [0.2, 0.25) is 11.8 Å². The lowest BCUT2D eigenvalue weighted by Gasteiger charge is -2.14. The van der Waals surface area contributed by atoms with E-state index in [0.29, 0.717) is 23.6 Å². The summed E-state index contributed by atoms with van der Waals surface area (Å²) in [6.45, 7) is 10.0. The summed E-state index contributed by atoms with van der Waals surface area (Å²) in [6.07, 6.45) is 2.58. The van der Waals surface area contributed by atoms with Crippen LogP contribution in [0.3, 0.4) is 0 Å². The first-order chi connectivity index (χ1) is 11.0. The van der Waals surface area contributed by atoms with Gasteiger partial charge < -0.3 is 13.7 Å². The highest BCUT2D eigenvalue weighted by molar-refractivity contribution is 7.98. The third-order valence-electron chi connectivity index (χ3n) is 4.13. The van der Waals surface area contributed by atoms with E-state index >= 15 is 0 Å². The highest BCUT2D eigenvalue weighted by atomic mass is 32.2. The van der Waals surface area contributed by atoms with E-state index in [4.69, 9.17) is 9.15 Å². The molecule has 1 aliphatic heterocycles. The first-order valence-electron chi connectivity index (χ1n) is 8.15. The predicted octanol–water partition coefficient (Wildman–Crippen LogP) is 3.48. The van der Waals surface area contributed by atoms with Crippen LogP contribution in [0.4, 0.5) is 0 Å². The van der Waals surface area contributed by atoms with Crippen molar-refractivity contribution in [3.8, 4) is 0 Å². The lowest BCUT2D eigenvalue weighted by molar-refractivity contribution is 0.0945. The van der Waals surface area contributed by atoms with Gasteiger partial charge in [-0.2, -0.15) is 0 Å². The summed E-state index contributed by atoms with van der Waals surface area (Å²) in [6, 6.07) is 0. The van der Waals surface area contributed by atoms with Gasteiger partial charge in [-0.25, -0.2) is 4.98 Å². The molecular formula is C16H24N4O2S. The maximum atomic E-state index is 5.77. The van der Waals surface area contributed by atoms with Crippen LogP contribution >= 0.6 is 11.8 Å². The molecule has 2 aromatic rings. The van der Waals surface area contributed by atoms with Gasteiger partial charge in [0.25, 0.3) is 0 Å². The minimum Gasteiger partial charge on any atom is -0.424 e. The molecule has 0 aliphatic carbocycles. The zero-order valence-corrected chi connectivity index (χ0v) is 15.0. The molecule has 3 heterocycles. The first kappa shape index (κ1) is 16.5. The minimum atomic E-state index is 0.257. The Kier molecular flexibility index (Phi) is 5.06. The van der Waals surface area contributed by atoms with Gasteiger partial charge in [0.05, 0.1) is 24.1 Å². The van der Waals surface area contributed by atoms with Crippen molar-refractivity contribution in [2.24, 2.45) is 0 Å². The van der Waals surface area contributed by atoms with E-state index in [2.05, 4.69) is 33.6 Å². The molecule has 0 bridgehead atoms. The molecular weight excluding hydrogens is 312 g/mol. The molecule has 1 unspecified atom stereocenters. The molecule has 23 heavy (non-hydrogen) atoms. The Hall–Kier alpha value is -1.34. The van der Waals surface area contributed by atoms with Gasteiger partial charge in [0.1, 0.15) is 0 Å². The van der Waals surface area contributed by atoms with Crippen LogP contribution in [-0.2, 0) is 17.0 Å². The number of ether oxygens (including phenoxy) is 1. The fraction of sp³-hybridized carbons (Fsp3) is 0.688. The molecule has 1 atom stereocenters. The van der Waals surface area contributed by atoms with Crippen LogP contribution in [-0.4, -0.2) is 32.5 Å². The standard InChI is InChI=1S/C16H24N4O2S/c1-10(2)15-19-18-14(22-15)9-23-16-17-11(3)12(4)20(16)8-13-6-5-7-21-13/h10,13H,5-9H2,1-4H3. The Labute approximate surface area is 141 Å². The number of imidazole rings is 1. The van der Waals surface area contributed by atoms with E-state index in [1.807, 2.05) is 13.8 Å². The van der Waals surface area contributed by atoms with Crippen molar-refractivity contribution < 1.29 is 9.15 Å². The number of rotatable bonds is 6. The van der Waals surface area contributed by atoms with Gasteiger partial charge in [-0.3, -0.25) is 0 Å². The minimum absolute atomic E-state index is 0.257. The molecule has 1 aliphatic rings. The summed E-state index contributed by atoms with van der Waals surface area (Å²) in [5.41, 5.74) is 2.27. The van der Waals surface area contributed by atoms with Crippen molar-refractivity contribution >= 4 is 11.8 Å². The largest absolute Gasteiger partial charge is 0.424 e. The quantitative estimate of drug-likeness (QED) is 0.753. The average molecular weight is 336 g/mol. The third-order valence-corrected chi connectivity index (χ3v) is 5.10. The van der Waals surface area contributed by atoms with Crippen LogP contribution in [0, 0.1) is 13.8 Å². The molecule has 2 aromatic heterocycles. The van der Waals surface area contributed by atoms with Gasteiger partial charge in [-0.05, 0) is 26.7 Å². The highest BCUT2D eigenvalue weighted by Gasteiger charge is 2.21. The molecule has 1 fully saturated rings. The molecule has 0 aromatic carbocycles. The van der Waals surface area contributed by atoms with E-state index in [0.717, 1.165) is 36.8 Å². The topological polar surface area (TPSA) is 66.0 Å². The van der Waals surface area contributed by atoms with Gasteiger partial charge >= 0.3 is 0 Å². The lowest BCUT2D eigenvalue weighted by Crippen LogP contribution is -2.16. The van der Waals surface area contributed by atoms with Crippen molar-refractivity contribution in [1.82, 2.24) is 19.7 Å². The van der Waals surface area contributed by atoms with Crippen LogP contribution < -0.4 is 0 Å². The fourth-order valence-corrected chi connectivity index (χ4v) is 3.56. The summed E-state index contributed by atoms with van der Waals surface area (Å²) in [5.74, 6) is 2.24. The normalized spacial score (nSPS) is 18.2. The molecule has 1 saturated heterocycles. The highest BCUT2D eigenvalue weighted by Crippen LogP contribution is 2.27. The predicted molar refractivity (Wildman–Crippen MR) is 88.6 cm³/mol. The molecule has 0 amide bonds. The zero-order chi connectivity index (χ0) is 16.4. The van der Waals surface area contributed by atoms with E-state index in [1.54, 1.807) is 11.8 Å². The van der Waals surface area contributed by atoms with Gasteiger partial charge in [-0.15, -0.1) is 10.2 Å². The lowest BCUT2D eigenvalue weighted by atomic mass is 10.2. The summed E-state index contributed by atoms with van der Waals surface area (Å²) in [7, 11) is 0. The van der Waals surface area contributed by atoms with E-state index < -0.39 is 0 Å². The number of hydrogen-bond acceptors (Lipinski definition) is 6. The number of thioether (sulfide) groups is 1. The Morgan fingerprint density at radius 2 is 2.13 bits per heavy atom. The molecule has 6 nitrogen and oxygen atoms in total. The molecule has 7 heteroatoms. The SMILES string of the molecule is Cc1nc(SCc2nnc(C(C)C)o2)n(CC2CCCO2)c1C. The van der Waals surface area contributed by atoms with Crippen LogP contribution in [0.1, 0.15) is 55.8 Å². The summed E-state index contributed by atoms with van der Waals surface area (Å²) in [4.78, 5) is 4.69. The number of nitrogens with zero attached hydrogens (tertiary/aromatic N) is 4. The molecule has 3 rings (SSSR count). The summed E-state index contributed by atoms with van der Waals surface area (Å²) >= 11 is 1.64. The van der Waals surface area contributed by atoms with Gasteiger partial charge in [0, 0.05) is 18.2 Å². The Morgan fingerprint density at radius 3 is 2.78 bits per heavy atom. The summed E-state index contributed by atoms with van der Waals surface area (Å²) < 4.78 is 13.7. The maximum Gasteiger partial charge on any atom is 0.226 e. The second kappa shape index (κ2) is 7.05. The van der Waals surface area contributed by atoms with Gasteiger partial charge in [0.15, 0.2) is 5.16 Å². The second-order valence-corrected chi connectivity index (χ2v) is 7.23. The molecule has 126 valence electrons. The van der Waals surface area contributed by atoms with E-state index in [9.17, 15) is 0 Å². The first-order valence-corrected chi connectivity index (χ1v) is 9.13. The van der Waals surface area contributed by atoms with Crippen LogP contribution in [0.15, 0.2) is 9.57 Å². The second-order valence-electron chi connectivity index (χ2n) is 6.29. The van der Waals surface area contributed by atoms with Crippen LogP contribution in [0.5, 0.6) is 0 Å². The van der Waals surface area contributed by atoms with Crippen molar-refractivity contribution in [2.75, 3.05) is 6.61 Å². The van der Waals surface area contributed by atoms with Crippen molar-refractivity contribution in [3.05, 3.63) is 23.2 Å². The smallest absolute Gasteiger partial charge is 0.226 e. The van der Waals surface area contributed by atoms with Crippen molar-refractivity contribution in [2.45, 2.75) is 70.0 Å². The van der Waals surface area contributed by atoms with Crippen molar-refractivity contribution in [3.63, 3.8) is 0 Å². The maximum absolute atomic E-state index is 5.77. The Morgan fingerprint density at radius 1 is 1.30 bits per heavy atom. The molecule has 0 spiro atoms. The van der Waals surface area contributed by atoms with Crippen LogP contribution in [0.25, 0.3) is 0 Å². The molecule has 0 N–H and O–H groups in total. The van der Waals surface area contributed by atoms with E-state index in [-0.39, 0.29) is 5.92 Å². The Bertz CT molecular complexity index is 659. The van der Waals surface area contributed by atoms with Gasteiger partial charge in [-0.1, -0.05) is 25.6 Å². The van der Waals surface area contributed by atoms with Crippen molar-refractivity contribution in [1.29, 1.82) is 0 Å². The number of aromatic nitrogens is 4. The Balaban J connectivity index is 1.69. The number of hydrogen-bond donors (Lipinski definition) is 0. The van der Waals surface area contributed by atoms with E-state index in [1.165, 1.54) is 5.69 Å². The fourth-order valence-electron chi connectivity index (χ4n) is 2.63. The third kappa shape index (κ3) is 3.77.